The highest BCUT2D eigenvalue weighted by Crippen LogP contribution is 2.28. The number of nitrogens with zero attached hydrogens (tertiary/aromatic N) is 2. The van der Waals surface area contributed by atoms with Gasteiger partial charge in [-0.05, 0) is 25.0 Å². The molecule has 2 fully saturated rings. The predicted octanol–water partition coefficient (Wildman–Crippen LogP) is 1.97. The molecular weight excluding hydrogens is 339 g/mol. The summed E-state index contributed by atoms with van der Waals surface area (Å²) >= 11 is 0. The second kappa shape index (κ2) is 8.68. The average molecular weight is 363 g/mol. The maximum atomic E-state index is 12.2. The number of halogens is 2. The van der Waals surface area contributed by atoms with Gasteiger partial charge in [-0.25, -0.2) is 4.98 Å². The van der Waals surface area contributed by atoms with Gasteiger partial charge in [-0.1, -0.05) is 12.8 Å². The minimum atomic E-state index is -0.705. The first-order chi connectivity index (χ1) is 10.2. The highest BCUT2D eigenvalue weighted by Gasteiger charge is 2.36. The summed E-state index contributed by atoms with van der Waals surface area (Å²) < 4.78 is 5.33. The first kappa shape index (κ1) is 20.0. The fourth-order valence-corrected chi connectivity index (χ4v) is 2.93. The Morgan fingerprint density at radius 1 is 1.22 bits per heavy atom. The van der Waals surface area contributed by atoms with E-state index in [1.807, 2.05) is 12.1 Å². The molecule has 1 amide bonds. The molecule has 3 N–H and O–H groups in total. The smallest absolute Gasteiger partial charge is 0.244 e. The van der Waals surface area contributed by atoms with E-state index in [1.54, 1.807) is 6.20 Å². The molecule has 2 heterocycles. The highest BCUT2D eigenvalue weighted by atomic mass is 35.5. The van der Waals surface area contributed by atoms with Gasteiger partial charge in [-0.15, -0.1) is 24.8 Å². The van der Waals surface area contributed by atoms with Gasteiger partial charge in [-0.2, -0.15) is 0 Å². The molecule has 1 saturated heterocycles. The number of carbonyl (C=O) groups excluding carboxylic acids is 1. The molecule has 8 heteroatoms. The zero-order valence-corrected chi connectivity index (χ0v) is 14.6. The van der Waals surface area contributed by atoms with Crippen LogP contribution in [0.4, 0.5) is 11.5 Å². The van der Waals surface area contributed by atoms with E-state index in [9.17, 15) is 4.79 Å². The Balaban J connectivity index is 0.00000132. The number of ether oxygens (including phenoxy) is 1. The number of nitrogens with two attached hydrogens (primary N) is 1. The van der Waals surface area contributed by atoms with Crippen LogP contribution in [0.25, 0.3) is 0 Å². The molecule has 1 aliphatic heterocycles. The lowest BCUT2D eigenvalue weighted by atomic mass is 9.98. The van der Waals surface area contributed by atoms with Crippen LogP contribution in [0, 0.1) is 0 Å². The van der Waals surface area contributed by atoms with E-state index in [0.717, 1.165) is 57.8 Å². The molecule has 23 heavy (non-hydrogen) atoms. The van der Waals surface area contributed by atoms with Crippen molar-refractivity contribution in [1.82, 2.24) is 4.98 Å². The van der Waals surface area contributed by atoms with Gasteiger partial charge in [0.25, 0.3) is 0 Å². The summed E-state index contributed by atoms with van der Waals surface area (Å²) in [5, 5.41) is 2.88. The monoisotopic (exact) mass is 362 g/mol. The maximum absolute atomic E-state index is 12.2. The normalized spacial score (nSPS) is 19.4. The molecule has 130 valence electrons. The third kappa shape index (κ3) is 4.70. The first-order valence-electron chi connectivity index (χ1n) is 7.56. The van der Waals surface area contributed by atoms with Crippen molar-refractivity contribution in [3.63, 3.8) is 0 Å². The van der Waals surface area contributed by atoms with Crippen LogP contribution in [0.3, 0.4) is 0 Å². The molecule has 0 atom stereocenters. The Morgan fingerprint density at radius 3 is 2.43 bits per heavy atom. The molecule has 0 bridgehead atoms. The van der Waals surface area contributed by atoms with Gasteiger partial charge >= 0.3 is 0 Å². The highest BCUT2D eigenvalue weighted by molar-refractivity contribution is 5.98. The van der Waals surface area contributed by atoms with Gasteiger partial charge < -0.3 is 20.7 Å². The zero-order valence-electron chi connectivity index (χ0n) is 13.0. The number of pyridine rings is 1. The molecule has 3 rings (SSSR count). The molecule has 1 saturated carbocycles. The summed E-state index contributed by atoms with van der Waals surface area (Å²) in [7, 11) is 0. The fraction of sp³-hybridized carbons (Fsp3) is 0.600. The van der Waals surface area contributed by atoms with E-state index in [0.29, 0.717) is 5.69 Å². The topological polar surface area (TPSA) is 80.5 Å². The van der Waals surface area contributed by atoms with Gasteiger partial charge in [0.15, 0.2) is 0 Å². The molecule has 2 aliphatic rings. The van der Waals surface area contributed by atoms with E-state index in [2.05, 4.69) is 15.2 Å². The summed E-state index contributed by atoms with van der Waals surface area (Å²) in [5.74, 6) is 0.820. The summed E-state index contributed by atoms with van der Waals surface area (Å²) in [6, 6.07) is 3.81. The van der Waals surface area contributed by atoms with E-state index >= 15 is 0 Å². The Labute approximate surface area is 149 Å². The third-order valence-electron chi connectivity index (χ3n) is 4.29. The summed E-state index contributed by atoms with van der Waals surface area (Å²) in [5.41, 5.74) is 6.14. The lowest BCUT2D eigenvalue weighted by Crippen LogP contribution is -2.48. The molecule has 6 nitrogen and oxygen atoms in total. The Morgan fingerprint density at radius 2 is 1.87 bits per heavy atom. The van der Waals surface area contributed by atoms with Gasteiger partial charge in [0.05, 0.1) is 30.6 Å². The summed E-state index contributed by atoms with van der Waals surface area (Å²) in [6.45, 7) is 3.17. The van der Waals surface area contributed by atoms with Crippen LogP contribution < -0.4 is 16.0 Å². The minimum Gasteiger partial charge on any atom is -0.378 e. The lowest BCUT2D eigenvalue weighted by molar-refractivity contribution is -0.121. The molecule has 0 aromatic carbocycles. The van der Waals surface area contributed by atoms with Crippen molar-refractivity contribution in [1.29, 1.82) is 0 Å². The number of anilines is 2. The number of aromatic nitrogens is 1. The number of hydrogen-bond donors (Lipinski definition) is 2. The predicted molar refractivity (Wildman–Crippen MR) is 95.8 cm³/mol. The van der Waals surface area contributed by atoms with E-state index in [4.69, 9.17) is 10.5 Å². The Kier molecular flexibility index (Phi) is 7.54. The lowest BCUT2D eigenvalue weighted by Gasteiger charge is -2.28. The van der Waals surface area contributed by atoms with E-state index in [-0.39, 0.29) is 30.7 Å². The number of morpholine rings is 1. The zero-order chi connectivity index (χ0) is 14.7. The van der Waals surface area contributed by atoms with Gasteiger partial charge in [0, 0.05) is 13.1 Å². The quantitative estimate of drug-likeness (QED) is 0.858. The van der Waals surface area contributed by atoms with Crippen molar-refractivity contribution in [3.8, 4) is 0 Å². The van der Waals surface area contributed by atoms with Crippen molar-refractivity contribution >= 4 is 42.2 Å². The van der Waals surface area contributed by atoms with Crippen LogP contribution in [-0.2, 0) is 9.53 Å². The number of carbonyl (C=O) groups is 1. The van der Waals surface area contributed by atoms with Crippen molar-refractivity contribution in [2.75, 3.05) is 36.5 Å². The van der Waals surface area contributed by atoms with Crippen LogP contribution in [0.1, 0.15) is 25.7 Å². The average Bonchev–Trinajstić information content (AvgIpc) is 2.97. The number of nitrogens with one attached hydrogen (secondary N) is 1. The molecule has 0 unspecified atom stereocenters. The third-order valence-corrected chi connectivity index (χ3v) is 4.29. The van der Waals surface area contributed by atoms with E-state index < -0.39 is 5.54 Å². The number of hydrogen-bond acceptors (Lipinski definition) is 5. The van der Waals surface area contributed by atoms with E-state index in [1.165, 1.54) is 0 Å². The maximum Gasteiger partial charge on any atom is 0.244 e. The van der Waals surface area contributed by atoms with Gasteiger partial charge in [0.1, 0.15) is 5.82 Å². The minimum absolute atomic E-state index is 0. The Hall–Kier alpha value is -1.08. The summed E-state index contributed by atoms with van der Waals surface area (Å²) in [6.07, 6.45) is 5.27. The van der Waals surface area contributed by atoms with Gasteiger partial charge in [0.2, 0.25) is 5.91 Å². The largest absolute Gasteiger partial charge is 0.378 e. The fourth-order valence-electron chi connectivity index (χ4n) is 2.93. The van der Waals surface area contributed by atoms with Crippen molar-refractivity contribution in [2.45, 2.75) is 31.2 Å². The van der Waals surface area contributed by atoms with Crippen LogP contribution >= 0.6 is 24.8 Å². The molecule has 1 aromatic rings. The molecule has 0 spiro atoms. The standard InChI is InChI=1S/C15H22N4O2.2ClH/c16-15(5-1-2-6-15)14(20)18-12-3-4-13(17-11-12)19-7-9-21-10-8-19;;/h3-4,11H,1-2,5-10,16H2,(H,18,20);2*1H. The second-order valence-corrected chi connectivity index (χ2v) is 5.82. The summed E-state index contributed by atoms with van der Waals surface area (Å²) in [4.78, 5) is 18.8. The van der Waals surface area contributed by atoms with Crippen LogP contribution in [0.5, 0.6) is 0 Å². The van der Waals surface area contributed by atoms with Crippen molar-refractivity contribution < 1.29 is 9.53 Å². The van der Waals surface area contributed by atoms with Crippen LogP contribution in [-0.4, -0.2) is 42.7 Å². The first-order valence-corrected chi connectivity index (χ1v) is 7.56. The molecule has 1 aliphatic carbocycles. The SMILES string of the molecule is Cl.Cl.NC1(C(=O)Nc2ccc(N3CCOCC3)nc2)CCCC1. The van der Waals surface area contributed by atoms with Crippen LogP contribution in [0.2, 0.25) is 0 Å². The molecule has 0 radical (unpaired) electrons. The van der Waals surface area contributed by atoms with Crippen molar-refractivity contribution in [2.24, 2.45) is 5.73 Å². The Bertz CT molecular complexity index is 501. The number of amides is 1. The van der Waals surface area contributed by atoms with Gasteiger partial charge in [-0.3, -0.25) is 4.79 Å². The second-order valence-electron chi connectivity index (χ2n) is 5.82. The molecule has 1 aromatic heterocycles. The molecular formula is C15H24Cl2N4O2. The van der Waals surface area contributed by atoms with Crippen molar-refractivity contribution in [3.05, 3.63) is 18.3 Å². The van der Waals surface area contributed by atoms with Crippen LogP contribution in [0.15, 0.2) is 18.3 Å². The number of rotatable bonds is 3.